The van der Waals surface area contributed by atoms with Gasteiger partial charge in [0, 0.05) is 12.5 Å². The molecule has 2 aromatic rings. The van der Waals surface area contributed by atoms with Gasteiger partial charge in [0.05, 0.1) is 6.54 Å². The number of aromatic nitrogens is 2. The molecule has 5 nitrogen and oxygen atoms in total. The smallest absolute Gasteiger partial charge is 0.240 e. The third-order valence-electron chi connectivity index (χ3n) is 4.30. The van der Waals surface area contributed by atoms with Gasteiger partial charge >= 0.3 is 0 Å². The molecule has 0 amide bonds. The summed E-state index contributed by atoms with van der Waals surface area (Å²) >= 11 is 0. The summed E-state index contributed by atoms with van der Waals surface area (Å²) in [6.07, 6.45) is 5.53. The highest BCUT2D eigenvalue weighted by molar-refractivity contribution is 5.85. The maximum Gasteiger partial charge on any atom is 0.240 e. The van der Waals surface area contributed by atoms with Crippen molar-refractivity contribution in [2.75, 3.05) is 13.1 Å². The lowest BCUT2D eigenvalue weighted by Gasteiger charge is -2.34. The fourth-order valence-electron chi connectivity index (χ4n) is 3.17. The molecule has 0 aliphatic carbocycles. The Labute approximate surface area is 143 Å². The Bertz CT molecular complexity index is 573. The normalized spacial score (nSPS) is 18.6. The van der Waals surface area contributed by atoms with Crippen molar-refractivity contribution in [3.63, 3.8) is 0 Å². The number of hydrogen-bond donors (Lipinski definition) is 1. The van der Waals surface area contributed by atoms with Crippen molar-refractivity contribution in [1.29, 1.82) is 0 Å². The first-order valence-electron chi connectivity index (χ1n) is 8.14. The zero-order valence-corrected chi connectivity index (χ0v) is 14.2. The van der Waals surface area contributed by atoms with Crippen LogP contribution in [-0.4, -0.2) is 34.2 Å². The average molecular weight is 337 g/mol. The van der Waals surface area contributed by atoms with Gasteiger partial charge in [-0.15, -0.1) is 12.4 Å². The lowest BCUT2D eigenvalue weighted by molar-refractivity contribution is 0.118. The number of rotatable bonds is 6. The maximum absolute atomic E-state index is 5.73. The first-order chi connectivity index (χ1) is 10.8. The summed E-state index contributed by atoms with van der Waals surface area (Å²) in [5.41, 5.74) is 6.93. The zero-order chi connectivity index (χ0) is 15.2. The Kier molecular flexibility index (Phi) is 7.02. The minimum absolute atomic E-state index is 0. The fourth-order valence-corrected chi connectivity index (χ4v) is 3.17. The van der Waals surface area contributed by atoms with Gasteiger partial charge in [-0.1, -0.05) is 41.9 Å². The van der Waals surface area contributed by atoms with E-state index in [2.05, 4.69) is 27.2 Å². The summed E-state index contributed by atoms with van der Waals surface area (Å²) in [5, 5.41) is 4.11. The van der Waals surface area contributed by atoms with Crippen LogP contribution in [-0.2, 0) is 13.0 Å². The third-order valence-corrected chi connectivity index (χ3v) is 4.30. The van der Waals surface area contributed by atoms with Crippen LogP contribution in [0.5, 0.6) is 0 Å². The van der Waals surface area contributed by atoms with Crippen molar-refractivity contribution in [2.45, 2.75) is 44.7 Å². The maximum atomic E-state index is 5.73. The van der Waals surface area contributed by atoms with Gasteiger partial charge in [0.1, 0.15) is 0 Å². The molecular weight excluding hydrogens is 312 g/mol. The highest BCUT2D eigenvalue weighted by atomic mass is 35.5. The molecule has 6 heteroatoms. The molecule has 0 spiro atoms. The van der Waals surface area contributed by atoms with E-state index in [1.165, 1.54) is 24.8 Å². The predicted molar refractivity (Wildman–Crippen MR) is 92.5 cm³/mol. The van der Waals surface area contributed by atoms with Crippen LogP contribution in [0.3, 0.4) is 0 Å². The molecule has 1 aliphatic heterocycles. The summed E-state index contributed by atoms with van der Waals surface area (Å²) in [4.78, 5) is 6.98. The molecule has 1 atom stereocenters. The second-order valence-corrected chi connectivity index (χ2v) is 5.96. The lowest BCUT2D eigenvalue weighted by Crippen LogP contribution is -2.40. The molecule has 126 valence electrons. The van der Waals surface area contributed by atoms with Gasteiger partial charge in [0.2, 0.25) is 5.89 Å². The van der Waals surface area contributed by atoms with E-state index in [9.17, 15) is 0 Å². The topological polar surface area (TPSA) is 68.2 Å². The molecule has 1 aromatic heterocycles. The first kappa shape index (κ1) is 17.9. The van der Waals surface area contributed by atoms with E-state index < -0.39 is 0 Å². The molecule has 1 aromatic carbocycles. The van der Waals surface area contributed by atoms with E-state index in [0.29, 0.717) is 6.04 Å². The minimum Gasteiger partial charge on any atom is -0.338 e. The second-order valence-electron chi connectivity index (χ2n) is 5.96. The molecule has 0 saturated carbocycles. The zero-order valence-electron chi connectivity index (χ0n) is 13.4. The van der Waals surface area contributed by atoms with E-state index in [0.717, 1.165) is 44.2 Å². The van der Waals surface area contributed by atoms with Gasteiger partial charge in [-0.25, -0.2) is 0 Å². The average Bonchev–Trinajstić information content (AvgIpc) is 2.98. The Morgan fingerprint density at radius 1 is 1.22 bits per heavy atom. The number of hydrogen-bond acceptors (Lipinski definition) is 5. The summed E-state index contributed by atoms with van der Waals surface area (Å²) < 4.78 is 5.43. The van der Waals surface area contributed by atoms with Gasteiger partial charge in [-0.2, -0.15) is 4.98 Å². The van der Waals surface area contributed by atoms with Crippen LogP contribution in [0.25, 0.3) is 0 Å². The van der Waals surface area contributed by atoms with Crippen molar-refractivity contribution in [2.24, 2.45) is 5.73 Å². The highest BCUT2D eigenvalue weighted by Gasteiger charge is 2.23. The van der Waals surface area contributed by atoms with Crippen LogP contribution in [0.4, 0.5) is 0 Å². The van der Waals surface area contributed by atoms with E-state index in [-0.39, 0.29) is 12.4 Å². The van der Waals surface area contributed by atoms with Gasteiger partial charge in [0.15, 0.2) is 5.82 Å². The number of nitrogens with zero attached hydrogens (tertiary/aromatic N) is 3. The third kappa shape index (κ3) is 5.03. The molecular formula is C17H25ClN4O. The number of likely N-dealkylation sites (tertiary alicyclic amines) is 1. The monoisotopic (exact) mass is 336 g/mol. The lowest BCUT2D eigenvalue weighted by atomic mass is 9.99. The van der Waals surface area contributed by atoms with Crippen molar-refractivity contribution in [3.8, 4) is 0 Å². The van der Waals surface area contributed by atoms with Gasteiger partial charge in [-0.05, 0) is 37.9 Å². The summed E-state index contributed by atoms with van der Waals surface area (Å²) in [5.74, 6) is 1.48. The standard InChI is InChI=1S/C17H24N4O.ClH/c18-10-9-15-8-4-5-11-21(15)13-17-19-16(20-22-17)12-14-6-2-1-3-7-14;/h1-3,6-7,15H,4-5,8-13,18H2;1H. The summed E-state index contributed by atoms with van der Waals surface area (Å²) in [6, 6.07) is 10.8. The van der Waals surface area contributed by atoms with Gasteiger partial charge in [0.25, 0.3) is 0 Å². The second kappa shape index (κ2) is 9.01. The number of piperidine rings is 1. The van der Waals surface area contributed by atoms with Crippen molar-refractivity contribution < 1.29 is 4.52 Å². The van der Waals surface area contributed by atoms with E-state index in [4.69, 9.17) is 10.3 Å². The largest absolute Gasteiger partial charge is 0.338 e. The van der Waals surface area contributed by atoms with Crippen LogP contribution in [0.2, 0.25) is 0 Å². The minimum atomic E-state index is 0. The van der Waals surface area contributed by atoms with Crippen LogP contribution in [0.15, 0.2) is 34.9 Å². The molecule has 2 N–H and O–H groups in total. The first-order valence-corrected chi connectivity index (χ1v) is 8.14. The van der Waals surface area contributed by atoms with Crippen LogP contribution < -0.4 is 5.73 Å². The Morgan fingerprint density at radius 2 is 2.04 bits per heavy atom. The Balaban J connectivity index is 0.00000192. The molecule has 23 heavy (non-hydrogen) atoms. The molecule has 1 aliphatic rings. The molecule has 1 fully saturated rings. The van der Waals surface area contributed by atoms with Crippen molar-refractivity contribution in [3.05, 3.63) is 47.6 Å². The predicted octanol–water partition coefficient (Wildman–Crippen LogP) is 2.79. The molecule has 0 bridgehead atoms. The van der Waals surface area contributed by atoms with E-state index in [1.54, 1.807) is 0 Å². The SMILES string of the molecule is Cl.NCCC1CCCCN1Cc1nc(Cc2ccccc2)no1. The van der Waals surface area contributed by atoms with E-state index in [1.807, 2.05) is 18.2 Å². The summed E-state index contributed by atoms with van der Waals surface area (Å²) in [6.45, 7) is 2.58. The van der Waals surface area contributed by atoms with Crippen molar-refractivity contribution >= 4 is 12.4 Å². The number of halogens is 1. The molecule has 2 heterocycles. The van der Waals surface area contributed by atoms with Crippen LogP contribution >= 0.6 is 12.4 Å². The molecule has 1 unspecified atom stereocenters. The molecule has 1 saturated heterocycles. The Hall–Kier alpha value is -1.43. The number of nitrogens with two attached hydrogens (primary N) is 1. The van der Waals surface area contributed by atoms with E-state index >= 15 is 0 Å². The highest BCUT2D eigenvalue weighted by Crippen LogP contribution is 2.21. The quantitative estimate of drug-likeness (QED) is 0.878. The summed E-state index contributed by atoms with van der Waals surface area (Å²) in [7, 11) is 0. The fraction of sp³-hybridized carbons (Fsp3) is 0.529. The molecule has 0 radical (unpaired) electrons. The Morgan fingerprint density at radius 3 is 2.83 bits per heavy atom. The van der Waals surface area contributed by atoms with Crippen LogP contribution in [0, 0.1) is 0 Å². The number of benzene rings is 1. The van der Waals surface area contributed by atoms with Gasteiger partial charge in [-0.3, -0.25) is 4.90 Å². The van der Waals surface area contributed by atoms with Gasteiger partial charge < -0.3 is 10.3 Å². The van der Waals surface area contributed by atoms with Crippen molar-refractivity contribution in [1.82, 2.24) is 15.0 Å². The van der Waals surface area contributed by atoms with Crippen LogP contribution in [0.1, 0.15) is 43.0 Å². The molecule has 3 rings (SSSR count).